The topological polar surface area (TPSA) is 78.4 Å². The van der Waals surface area contributed by atoms with E-state index in [2.05, 4.69) is 10.6 Å². The maximum atomic E-state index is 11.4. The molecule has 0 saturated heterocycles. The molecule has 0 aromatic rings. The Hall–Kier alpha value is -1.10. The van der Waals surface area contributed by atoms with Crippen LogP contribution in [0.25, 0.3) is 0 Å². The molecule has 0 rings (SSSR count). The van der Waals surface area contributed by atoms with Gasteiger partial charge in [0, 0.05) is 25.6 Å². The van der Waals surface area contributed by atoms with Crippen molar-refractivity contribution in [3.05, 3.63) is 0 Å². The van der Waals surface area contributed by atoms with E-state index in [-0.39, 0.29) is 12.5 Å². The summed E-state index contributed by atoms with van der Waals surface area (Å²) in [7, 11) is 0. The number of hydrogen-bond donors (Lipinski definition) is 3. The van der Waals surface area contributed by atoms with Crippen LogP contribution >= 0.6 is 0 Å². The molecule has 100 valence electrons. The van der Waals surface area contributed by atoms with E-state index in [1.165, 1.54) is 0 Å². The average molecular weight is 244 g/mol. The molecule has 5 heteroatoms. The Bertz CT molecular complexity index is 242. The Labute approximate surface area is 103 Å². The summed E-state index contributed by atoms with van der Waals surface area (Å²) in [6, 6.07) is 0.356. The SMILES string of the molecule is CCCC(CNC(=O)CCNC(C)C)C(=O)O. The molecule has 0 radical (unpaired) electrons. The van der Waals surface area contributed by atoms with E-state index in [4.69, 9.17) is 5.11 Å². The Kier molecular flexibility index (Phi) is 8.40. The molecule has 0 heterocycles. The first-order chi connectivity index (χ1) is 7.97. The number of amides is 1. The lowest BCUT2D eigenvalue weighted by Gasteiger charge is -2.13. The van der Waals surface area contributed by atoms with Crippen LogP contribution in [0.15, 0.2) is 0 Å². The number of carboxylic acids is 1. The molecule has 17 heavy (non-hydrogen) atoms. The van der Waals surface area contributed by atoms with Crippen LogP contribution in [0.5, 0.6) is 0 Å². The molecule has 0 aliphatic rings. The lowest BCUT2D eigenvalue weighted by molar-refractivity contribution is -0.141. The third kappa shape index (κ3) is 8.68. The zero-order valence-electron chi connectivity index (χ0n) is 11.0. The summed E-state index contributed by atoms with van der Waals surface area (Å²) in [5.41, 5.74) is 0. The summed E-state index contributed by atoms with van der Waals surface area (Å²) in [5, 5.41) is 14.7. The van der Waals surface area contributed by atoms with Crippen LogP contribution in [-0.2, 0) is 9.59 Å². The molecule has 0 aliphatic heterocycles. The summed E-state index contributed by atoms with van der Waals surface area (Å²) in [6.07, 6.45) is 1.79. The van der Waals surface area contributed by atoms with Crippen LogP contribution in [-0.4, -0.2) is 36.1 Å². The molecule has 5 nitrogen and oxygen atoms in total. The number of carboxylic acid groups (broad SMARTS) is 1. The van der Waals surface area contributed by atoms with E-state index in [1.54, 1.807) is 0 Å². The highest BCUT2D eigenvalue weighted by molar-refractivity contribution is 5.77. The Morgan fingerprint density at radius 1 is 1.29 bits per heavy atom. The van der Waals surface area contributed by atoms with Crippen molar-refractivity contribution in [2.75, 3.05) is 13.1 Å². The lowest BCUT2D eigenvalue weighted by Crippen LogP contribution is -2.35. The zero-order valence-corrected chi connectivity index (χ0v) is 11.0. The van der Waals surface area contributed by atoms with Crippen LogP contribution in [0.4, 0.5) is 0 Å². The zero-order chi connectivity index (χ0) is 13.3. The van der Waals surface area contributed by atoms with Crippen molar-refractivity contribution in [2.45, 2.75) is 46.1 Å². The van der Waals surface area contributed by atoms with Gasteiger partial charge in [-0.2, -0.15) is 0 Å². The van der Waals surface area contributed by atoms with Crippen LogP contribution in [0.2, 0.25) is 0 Å². The first-order valence-corrected chi connectivity index (χ1v) is 6.20. The number of aliphatic carboxylic acids is 1. The second kappa shape index (κ2) is 8.98. The van der Waals surface area contributed by atoms with Crippen molar-refractivity contribution in [1.29, 1.82) is 0 Å². The van der Waals surface area contributed by atoms with Crippen molar-refractivity contribution < 1.29 is 14.7 Å². The number of carbonyl (C=O) groups is 2. The minimum absolute atomic E-state index is 0.0968. The highest BCUT2D eigenvalue weighted by Crippen LogP contribution is 2.04. The maximum absolute atomic E-state index is 11.4. The molecule has 0 aromatic carbocycles. The molecule has 1 unspecified atom stereocenters. The van der Waals surface area contributed by atoms with Crippen LogP contribution in [0, 0.1) is 5.92 Å². The van der Waals surface area contributed by atoms with Gasteiger partial charge in [-0.3, -0.25) is 9.59 Å². The summed E-state index contributed by atoms with van der Waals surface area (Å²) < 4.78 is 0. The third-order valence-corrected chi connectivity index (χ3v) is 2.44. The molecule has 0 saturated carbocycles. The van der Waals surface area contributed by atoms with Gasteiger partial charge >= 0.3 is 5.97 Å². The van der Waals surface area contributed by atoms with Crippen LogP contribution < -0.4 is 10.6 Å². The van der Waals surface area contributed by atoms with Crippen LogP contribution in [0.3, 0.4) is 0 Å². The monoisotopic (exact) mass is 244 g/mol. The largest absolute Gasteiger partial charge is 0.481 e. The molecule has 0 bridgehead atoms. The minimum Gasteiger partial charge on any atom is -0.481 e. The van der Waals surface area contributed by atoms with Crippen molar-refractivity contribution in [2.24, 2.45) is 5.92 Å². The predicted molar refractivity (Wildman–Crippen MR) is 66.8 cm³/mol. The van der Waals surface area contributed by atoms with E-state index >= 15 is 0 Å². The first-order valence-electron chi connectivity index (χ1n) is 6.20. The fraction of sp³-hybridized carbons (Fsp3) is 0.833. The molecular weight excluding hydrogens is 220 g/mol. The first kappa shape index (κ1) is 15.9. The fourth-order valence-electron chi connectivity index (χ4n) is 1.46. The van der Waals surface area contributed by atoms with Gasteiger partial charge < -0.3 is 15.7 Å². The Morgan fingerprint density at radius 2 is 1.94 bits per heavy atom. The molecule has 0 aromatic heterocycles. The maximum Gasteiger partial charge on any atom is 0.308 e. The molecule has 0 spiro atoms. The van der Waals surface area contributed by atoms with Gasteiger partial charge in [0.05, 0.1) is 5.92 Å². The minimum atomic E-state index is -0.840. The van der Waals surface area contributed by atoms with Gasteiger partial charge in [-0.05, 0) is 6.42 Å². The number of hydrogen-bond acceptors (Lipinski definition) is 3. The molecule has 1 atom stereocenters. The van der Waals surface area contributed by atoms with Crippen molar-refractivity contribution in [3.63, 3.8) is 0 Å². The Balaban J connectivity index is 3.76. The fourth-order valence-corrected chi connectivity index (χ4v) is 1.46. The van der Waals surface area contributed by atoms with E-state index in [1.807, 2.05) is 20.8 Å². The van der Waals surface area contributed by atoms with Crippen LogP contribution in [0.1, 0.15) is 40.0 Å². The van der Waals surface area contributed by atoms with Gasteiger partial charge in [0.15, 0.2) is 0 Å². The summed E-state index contributed by atoms with van der Waals surface area (Å²) in [5.74, 6) is -1.41. The predicted octanol–water partition coefficient (Wildman–Crippen LogP) is 0.992. The highest BCUT2D eigenvalue weighted by Gasteiger charge is 2.16. The lowest BCUT2D eigenvalue weighted by atomic mass is 10.0. The van der Waals surface area contributed by atoms with Crippen molar-refractivity contribution >= 4 is 11.9 Å². The average Bonchev–Trinajstić information content (AvgIpc) is 2.23. The van der Waals surface area contributed by atoms with Gasteiger partial charge in [0.2, 0.25) is 5.91 Å². The normalized spacial score (nSPS) is 12.5. The van der Waals surface area contributed by atoms with Gasteiger partial charge in [-0.15, -0.1) is 0 Å². The molecule has 3 N–H and O–H groups in total. The summed E-state index contributed by atoms with van der Waals surface area (Å²) in [4.78, 5) is 22.3. The standard InChI is InChI=1S/C12H24N2O3/c1-4-5-10(12(16)17)8-14-11(15)6-7-13-9(2)3/h9-10,13H,4-8H2,1-3H3,(H,14,15)(H,16,17). The highest BCUT2D eigenvalue weighted by atomic mass is 16.4. The number of rotatable bonds is 9. The van der Waals surface area contributed by atoms with Gasteiger partial charge in [0.1, 0.15) is 0 Å². The summed E-state index contributed by atoms with van der Waals surface area (Å²) in [6.45, 7) is 6.81. The van der Waals surface area contributed by atoms with Gasteiger partial charge in [-0.1, -0.05) is 27.2 Å². The summed E-state index contributed by atoms with van der Waals surface area (Å²) >= 11 is 0. The molecule has 0 fully saturated rings. The quantitative estimate of drug-likeness (QED) is 0.565. The van der Waals surface area contributed by atoms with Crippen molar-refractivity contribution in [3.8, 4) is 0 Å². The van der Waals surface area contributed by atoms with E-state index in [0.717, 1.165) is 6.42 Å². The second-order valence-corrected chi connectivity index (χ2v) is 4.49. The smallest absolute Gasteiger partial charge is 0.308 e. The number of carbonyl (C=O) groups excluding carboxylic acids is 1. The van der Waals surface area contributed by atoms with E-state index < -0.39 is 11.9 Å². The number of nitrogens with one attached hydrogen (secondary N) is 2. The Morgan fingerprint density at radius 3 is 2.41 bits per heavy atom. The van der Waals surface area contributed by atoms with E-state index in [0.29, 0.717) is 25.4 Å². The van der Waals surface area contributed by atoms with E-state index in [9.17, 15) is 9.59 Å². The van der Waals surface area contributed by atoms with Crippen molar-refractivity contribution in [1.82, 2.24) is 10.6 Å². The van der Waals surface area contributed by atoms with Gasteiger partial charge in [-0.25, -0.2) is 0 Å². The molecule has 1 amide bonds. The van der Waals surface area contributed by atoms with Gasteiger partial charge in [0.25, 0.3) is 0 Å². The third-order valence-electron chi connectivity index (χ3n) is 2.44. The second-order valence-electron chi connectivity index (χ2n) is 4.49. The molecule has 0 aliphatic carbocycles. The molecular formula is C12H24N2O3.